The third kappa shape index (κ3) is 4.28. The summed E-state index contributed by atoms with van der Waals surface area (Å²) in [7, 11) is 0. The number of nitrogens with one attached hydrogen (secondary N) is 1. The molecule has 0 radical (unpaired) electrons. The lowest BCUT2D eigenvalue weighted by molar-refractivity contribution is -0.110. The minimum absolute atomic E-state index is 0.0974. The fourth-order valence-electron chi connectivity index (χ4n) is 1.86. The highest BCUT2D eigenvalue weighted by Crippen LogP contribution is 2.06. The van der Waals surface area contributed by atoms with Crippen molar-refractivity contribution >= 4 is 23.0 Å². The predicted octanol–water partition coefficient (Wildman–Crippen LogP) is 3.12. The lowest BCUT2D eigenvalue weighted by Gasteiger charge is -2.06. The minimum Gasteiger partial charge on any atom is -0.410 e. The van der Waals surface area contributed by atoms with Crippen LogP contribution in [0.15, 0.2) is 70.8 Å². The number of benzene rings is 2. The molecular weight excluding hydrogens is 278 g/mol. The quantitative estimate of drug-likeness (QED) is 0.505. The standard InChI is InChI=1S/C17H17N3O2/c1-13(18-12-14-8-4-2-5-9-14)16(20-22)17(21)19-15-10-6-3-7-11-15/h2-11,22H,12H2,1H3,(H,19,21)/b18-13?,20-16-. The molecule has 0 aromatic heterocycles. The lowest BCUT2D eigenvalue weighted by atomic mass is 10.2. The summed E-state index contributed by atoms with van der Waals surface area (Å²) in [5, 5.41) is 14.8. The van der Waals surface area contributed by atoms with Gasteiger partial charge in [-0.15, -0.1) is 0 Å². The topological polar surface area (TPSA) is 74.0 Å². The van der Waals surface area contributed by atoms with E-state index in [1.54, 1.807) is 19.1 Å². The molecule has 2 rings (SSSR count). The summed E-state index contributed by atoms with van der Waals surface area (Å²) in [5.74, 6) is -0.497. The second-order valence-corrected chi connectivity index (χ2v) is 4.66. The van der Waals surface area contributed by atoms with Crippen LogP contribution in [0.1, 0.15) is 12.5 Å². The predicted molar refractivity (Wildman–Crippen MR) is 87.5 cm³/mol. The number of aliphatic imine (C=N–C) groups is 1. The van der Waals surface area contributed by atoms with Crippen LogP contribution in [0, 0.1) is 0 Å². The van der Waals surface area contributed by atoms with Crippen molar-refractivity contribution in [3.8, 4) is 0 Å². The van der Waals surface area contributed by atoms with E-state index in [2.05, 4.69) is 15.5 Å². The first-order chi connectivity index (χ1) is 10.7. The highest BCUT2D eigenvalue weighted by atomic mass is 16.4. The molecule has 0 heterocycles. The van der Waals surface area contributed by atoms with Gasteiger partial charge in [-0.1, -0.05) is 53.7 Å². The van der Waals surface area contributed by atoms with Crippen molar-refractivity contribution < 1.29 is 10.0 Å². The van der Waals surface area contributed by atoms with Gasteiger partial charge in [0.25, 0.3) is 5.91 Å². The Bertz CT molecular complexity index is 680. The molecule has 0 aliphatic carbocycles. The van der Waals surface area contributed by atoms with Crippen molar-refractivity contribution in [3.05, 3.63) is 66.2 Å². The second kappa shape index (κ2) is 7.73. The third-order valence-corrected chi connectivity index (χ3v) is 3.03. The van der Waals surface area contributed by atoms with E-state index in [0.717, 1.165) is 5.56 Å². The van der Waals surface area contributed by atoms with Gasteiger partial charge in [0.05, 0.1) is 12.3 Å². The van der Waals surface area contributed by atoms with E-state index >= 15 is 0 Å². The van der Waals surface area contributed by atoms with E-state index in [4.69, 9.17) is 5.21 Å². The number of anilines is 1. The van der Waals surface area contributed by atoms with Crippen molar-refractivity contribution in [1.82, 2.24) is 0 Å². The van der Waals surface area contributed by atoms with Crippen molar-refractivity contribution in [1.29, 1.82) is 0 Å². The van der Waals surface area contributed by atoms with Gasteiger partial charge in [-0.05, 0) is 24.6 Å². The molecule has 5 nitrogen and oxygen atoms in total. The van der Waals surface area contributed by atoms with Gasteiger partial charge < -0.3 is 10.5 Å². The van der Waals surface area contributed by atoms with Gasteiger partial charge >= 0.3 is 0 Å². The Morgan fingerprint density at radius 3 is 2.23 bits per heavy atom. The Kier molecular flexibility index (Phi) is 5.43. The zero-order valence-corrected chi connectivity index (χ0v) is 12.2. The monoisotopic (exact) mass is 295 g/mol. The van der Waals surface area contributed by atoms with Gasteiger partial charge in [-0.3, -0.25) is 9.79 Å². The summed E-state index contributed by atoms with van der Waals surface area (Å²) in [5.41, 5.74) is 1.92. The average Bonchev–Trinajstić information content (AvgIpc) is 2.55. The van der Waals surface area contributed by atoms with E-state index in [0.29, 0.717) is 17.9 Å². The number of carbonyl (C=O) groups excluding carboxylic acids is 1. The second-order valence-electron chi connectivity index (χ2n) is 4.66. The first kappa shape index (κ1) is 15.4. The molecule has 0 aliphatic heterocycles. The Labute approximate surface area is 129 Å². The van der Waals surface area contributed by atoms with Crippen LogP contribution < -0.4 is 5.32 Å². The molecule has 112 valence electrons. The number of para-hydroxylation sites is 1. The van der Waals surface area contributed by atoms with Gasteiger partial charge in [0.2, 0.25) is 0 Å². The van der Waals surface area contributed by atoms with Gasteiger partial charge in [-0.2, -0.15) is 0 Å². The van der Waals surface area contributed by atoms with Crippen molar-refractivity contribution in [2.24, 2.45) is 10.1 Å². The van der Waals surface area contributed by atoms with E-state index in [9.17, 15) is 4.79 Å². The summed E-state index contributed by atoms with van der Waals surface area (Å²) < 4.78 is 0. The Hall–Kier alpha value is -2.95. The largest absolute Gasteiger partial charge is 0.410 e. The van der Waals surface area contributed by atoms with Crippen molar-refractivity contribution in [2.45, 2.75) is 13.5 Å². The fraction of sp³-hybridized carbons (Fsp3) is 0.118. The number of hydrogen-bond donors (Lipinski definition) is 2. The zero-order valence-electron chi connectivity index (χ0n) is 12.2. The maximum absolute atomic E-state index is 12.1. The van der Waals surface area contributed by atoms with Crippen molar-refractivity contribution in [3.63, 3.8) is 0 Å². The van der Waals surface area contributed by atoms with Crippen LogP contribution in [0.2, 0.25) is 0 Å². The summed E-state index contributed by atoms with van der Waals surface area (Å²) in [6.45, 7) is 2.06. The average molecular weight is 295 g/mol. The first-order valence-electron chi connectivity index (χ1n) is 6.84. The Morgan fingerprint density at radius 1 is 1.05 bits per heavy atom. The van der Waals surface area contributed by atoms with Crippen LogP contribution in [-0.4, -0.2) is 22.5 Å². The van der Waals surface area contributed by atoms with Crippen LogP contribution in [0.5, 0.6) is 0 Å². The van der Waals surface area contributed by atoms with Gasteiger partial charge in [-0.25, -0.2) is 0 Å². The molecule has 0 saturated heterocycles. The highest BCUT2D eigenvalue weighted by molar-refractivity contribution is 6.68. The summed E-state index contributed by atoms with van der Waals surface area (Å²) in [4.78, 5) is 16.4. The molecule has 2 aromatic rings. The van der Waals surface area contributed by atoms with Crippen LogP contribution in [0.4, 0.5) is 5.69 Å². The smallest absolute Gasteiger partial charge is 0.279 e. The fourth-order valence-corrected chi connectivity index (χ4v) is 1.86. The molecule has 0 fully saturated rings. The van der Waals surface area contributed by atoms with Gasteiger partial charge in [0.15, 0.2) is 5.71 Å². The van der Waals surface area contributed by atoms with E-state index < -0.39 is 5.91 Å². The molecule has 5 heteroatoms. The third-order valence-electron chi connectivity index (χ3n) is 3.03. The SMILES string of the molecule is CC(=NCc1ccccc1)/C(=N/O)C(=O)Nc1ccccc1. The molecule has 0 atom stereocenters. The van der Waals surface area contributed by atoms with E-state index in [1.165, 1.54) is 0 Å². The molecule has 1 amide bonds. The summed E-state index contributed by atoms with van der Waals surface area (Å²) >= 11 is 0. The van der Waals surface area contributed by atoms with Crippen LogP contribution >= 0.6 is 0 Å². The molecule has 0 bridgehead atoms. The number of hydrogen-bond acceptors (Lipinski definition) is 4. The van der Waals surface area contributed by atoms with Gasteiger partial charge in [0.1, 0.15) is 0 Å². The molecule has 0 spiro atoms. The summed E-state index contributed by atoms with van der Waals surface area (Å²) in [6, 6.07) is 18.6. The lowest BCUT2D eigenvalue weighted by Crippen LogP contribution is -2.28. The number of oxime groups is 1. The minimum atomic E-state index is -0.497. The Balaban J connectivity index is 2.05. The number of carbonyl (C=O) groups is 1. The summed E-state index contributed by atoms with van der Waals surface area (Å²) in [6.07, 6.45) is 0. The van der Waals surface area contributed by atoms with E-state index in [-0.39, 0.29) is 5.71 Å². The number of amides is 1. The highest BCUT2D eigenvalue weighted by Gasteiger charge is 2.15. The normalized spacial score (nSPS) is 12.0. The first-order valence-corrected chi connectivity index (χ1v) is 6.84. The maximum atomic E-state index is 12.1. The number of nitrogens with zero attached hydrogens (tertiary/aromatic N) is 2. The van der Waals surface area contributed by atoms with Gasteiger partial charge in [0, 0.05) is 5.69 Å². The van der Waals surface area contributed by atoms with Crippen LogP contribution in [0.3, 0.4) is 0 Å². The number of rotatable bonds is 5. The molecule has 0 saturated carbocycles. The van der Waals surface area contributed by atoms with Crippen molar-refractivity contribution in [2.75, 3.05) is 5.32 Å². The molecule has 0 aliphatic rings. The Morgan fingerprint density at radius 2 is 1.64 bits per heavy atom. The molecule has 0 unspecified atom stereocenters. The van der Waals surface area contributed by atoms with Crippen LogP contribution in [0.25, 0.3) is 0 Å². The molecular formula is C17H17N3O2. The van der Waals surface area contributed by atoms with Crippen LogP contribution in [-0.2, 0) is 11.3 Å². The molecule has 2 aromatic carbocycles. The molecule has 22 heavy (non-hydrogen) atoms. The molecule has 2 N–H and O–H groups in total. The van der Waals surface area contributed by atoms with E-state index in [1.807, 2.05) is 48.5 Å². The zero-order chi connectivity index (χ0) is 15.8. The maximum Gasteiger partial charge on any atom is 0.279 e.